The van der Waals surface area contributed by atoms with E-state index in [0.717, 1.165) is 5.69 Å². The van der Waals surface area contributed by atoms with E-state index in [4.69, 9.17) is 0 Å². The van der Waals surface area contributed by atoms with Crippen molar-refractivity contribution in [2.45, 2.75) is 26.2 Å². The molecule has 0 aliphatic heterocycles. The first-order chi connectivity index (χ1) is 9.54. The van der Waals surface area contributed by atoms with Crippen LogP contribution in [-0.4, -0.2) is 4.98 Å². The molecular weight excluding hydrogens is 242 g/mol. The van der Waals surface area contributed by atoms with Crippen LogP contribution in [0.3, 0.4) is 0 Å². The molecule has 0 saturated carbocycles. The van der Waals surface area contributed by atoms with Crippen LogP contribution >= 0.6 is 0 Å². The van der Waals surface area contributed by atoms with Crippen LogP contribution in [0.2, 0.25) is 0 Å². The molecule has 0 radical (unpaired) electrons. The summed E-state index contributed by atoms with van der Waals surface area (Å²) in [5.41, 5.74) is 3.75. The summed E-state index contributed by atoms with van der Waals surface area (Å²) in [5.74, 6) is 0. The van der Waals surface area contributed by atoms with Gasteiger partial charge in [0.2, 0.25) is 0 Å². The Hall–Kier alpha value is -2.15. The van der Waals surface area contributed by atoms with Crippen LogP contribution in [0.5, 0.6) is 0 Å². The summed E-state index contributed by atoms with van der Waals surface area (Å²) in [6.45, 7) is 6.74. The Bertz CT molecular complexity index is 737. The maximum absolute atomic E-state index is 4.41. The second-order valence-electron chi connectivity index (χ2n) is 6.24. The average molecular weight is 261 g/mol. The number of fused-ring (bicyclic) bond motifs is 1. The maximum atomic E-state index is 4.41. The molecule has 3 aromatic rings. The lowest BCUT2D eigenvalue weighted by Gasteiger charge is -2.19. The van der Waals surface area contributed by atoms with E-state index in [9.17, 15) is 0 Å². The van der Waals surface area contributed by atoms with Gasteiger partial charge in [0.25, 0.3) is 0 Å². The molecular formula is C19H19N. The maximum Gasteiger partial charge on any atom is 0.0702 e. The number of hydrogen-bond acceptors (Lipinski definition) is 1. The molecule has 2 aromatic carbocycles. The lowest BCUT2D eigenvalue weighted by Crippen LogP contribution is -2.10. The van der Waals surface area contributed by atoms with Gasteiger partial charge in [-0.15, -0.1) is 0 Å². The van der Waals surface area contributed by atoms with E-state index in [0.29, 0.717) is 0 Å². The minimum atomic E-state index is 0.188. The predicted octanol–water partition coefficient (Wildman–Crippen LogP) is 5.20. The summed E-state index contributed by atoms with van der Waals surface area (Å²) < 4.78 is 0. The summed E-state index contributed by atoms with van der Waals surface area (Å²) in [7, 11) is 0. The fourth-order valence-electron chi connectivity index (χ4n) is 2.41. The molecule has 100 valence electrons. The first kappa shape index (κ1) is 12.9. The van der Waals surface area contributed by atoms with Gasteiger partial charge < -0.3 is 0 Å². The first-order valence-corrected chi connectivity index (χ1v) is 7.00. The Balaban J connectivity index is 2.10. The third kappa shape index (κ3) is 2.44. The van der Waals surface area contributed by atoms with E-state index in [-0.39, 0.29) is 5.41 Å². The van der Waals surface area contributed by atoms with Crippen molar-refractivity contribution in [2.24, 2.45) is 0 Å². The molecule has 0 fully saturated rings. The number of aromatic nitrogens is 1. The Kier molecular flexibility index (Phi) is 3.06. The lowest BCUT2D eigenvalue weighted by molar-refractivity contribution is 0.591. The molecule has 0 N–H and O–H groups in total. The molecule has 1 aromatic heterocycles. The lowest BCUT2D eigenvalue weighted by atomic mass is 9.86. The molecule has 0 spiro atoms. The third-order valence-electron chi connectivity index (χ3n) is 3.67. The van der Waals surface area contributed by atoms with Crippen LogP contribution in [0.25, 0.3) is 22.0 Å². The topological polar surface area (TPSA) is 12.9 Å². The molecule has 0 unspecified atom stereocenters. The normalized spacial score (nSPS) is 11.8. The summed E-state index contributed by atoms with van der Waals surface area (Å²) in [6.07, 6.45) is 1.84. The molecule has 20 heavy (non-hydrogen) atoms. The van der Waals surface area contributed by atoms with Gasteiger partial charge in [-0.25, -0.2) is 0 Å². The monoisotopic (exact) mass is 261 g/mol. The van der Waals surface area contributed by atoms with E-state index >= 15 is 0 Å². The van der Waals surface area contributed by atoms with Crippen molar-refractivity contribution in [3.8, 4) is 11.3 Å². The van der Waals surface area contributed by atoms with Gasteiger partial charge in [0.15, 0.2) is 0 Å². The number of pyridine rings is 1. The van der Waals surface area contributed by atoms with Crippen molar-refractivity contribution in [3.63, 3.8) is 0 Å². The van der Waals surface area contributed by atoms with Crippen LogP contribution < -0.4 is 0 Å². The molecule has 0 amide bonds. The van der Waals surface area contributed by atoms with Crippen LogP contribution in [0, 0.1) is 0 Å². The van der Waals surface area contributed by atoms with E-state index in [1.807, 2.05) is 24.4 Å². The second kappa shape index (κ2) is 4.75. The molecule has 0 aliphatic rings. The van der Waals surface area contributed by atoms with Crippen LogP contribution in [0.1, 0.15) is 26.3 Å². The molecule has 3 rings (SSSR count). The quantitative estimate of drug-likeness (QED) is 0.586. The highest BCUT2D eigenvalue weighted by molar-refractivity contribution is 5.87. The SMILES string of the molecule is CC(C)(C)c1ccc2cc(-c3ccccn3)ccc2c1. The van der Waals surface area contributed by atoms with Crippen molar-refractivity contribution in [3.05, 3.63) is 66.4 Å². The summed E-state index contributed by atoms with van der Waals surface area (Å²) in [5, 5.41) is 2.55. The highest BCUT2D eigenvalue weighted by Crippen LogP contribution is 2.28. The third-order valence-corrected chi connectivity index (χ3v) is 3.67. The summed E-state index contributed by atoms with van der Waals surface area (Å²) in [4.78, 5) is 4.41. The van der Waals surface area contributed by atoms with Gasteiger partial charge in [-0.1, -0.05) is 57.2 Å². The van der Waals surface area contributed by atoms with Crippen molar-refractivity contribution in [2.75, 3.05) is 0 Å². The number of nitrogens with zero attached hydrogens (tertiary/aromatic N) is 1. The van der Waals surface area contributed by atoms with Crippen molar-refractivity contribution in [1.82, 2.24) is 4.98 Å². The molecule has 0 atom stereocenters. The fraction of sp³-hybridized carbons (Fsp3) is 0.211. The summed E-state index contributed by atoms with van der Waals surface area (Å²) in [6, 6.07) is 19.3. The largest absolute Gasteiger partial charge is 0.256 e. The Labute approximate surface area is 120 Å². The molecule has 0 saturated heterocycles. The van der Waals surface area contributed by atoms with Gasteiger partial charge in [0.1, 0.15) is 0 Å². The molecule has 1 nitrogen and oxygen atoms in total. The zero-order chi connectivity index (χ0) is 14.2. The van der Waals surface area contributed by atoms with Crippen molar-refractivity contribution < 1.29 is 0 Å². The molecule has 0 aliphatic carbocycles. The number of hydrogen-bond donors (Lipinski definition) is 0. The smallest absolute Gasteiger partial charge is 0.0702 e. The Morgan fingerprint density at radius 2 is 1.55 bits per heavy atom. The van der Waals surface area contributed by atoms with Gasteiger partial charge in [0, 0.05) is 11.8 Å². The Morgan fingerprint density at radius 1 is 0.800 bits per heavy atom. The zero-order valence-electron chi connectivity index (χ0n) is 12.2. The van der Waals surface area contributed by atoms with Crippen LogP contribution in [0.4, 0.5) is 0 Å². The van der Waals surface area contributed by atoms with Crippen molar-refractivity contribution >= 4 is 10.8 Å². The highest BCUT2D eigenvalue weighted by atomic mass is 14.7. The van der Waals surface area contributed by atoms with E-state index in [1.54, 1.807) is 0 Å². The second-order valence-corrected chi connectivity index (χ2v) is 6.24. The van der Waals surface area contributed by atoms with Crippen LogP contribution in [-0.2, 0) is 5.41 Å². The van der Waals surface area contributed by atoms with Gasteiger partial charge in [0.05, 0.1) is 5.69 Å². The average Bonchev–Trinajstić information content (AvgIpc) is 2.46. The number of benzene rings is 2. The predicted molar refractivity (Wildman–Crippen MR) is 85.9 cm³/mol. The standard InChI is InChI=1S/C19H19N/c1-19(2,3)17-10-9-14-12-16(8-7-15(14)13-17)18-6-4-5-11-20-18/h4-13H,1-3H3. The van der Waals surface area contributed by atoms with E-state index in [1.165, 1.54) is 21.9 Å². The van der Waals surface area contributed by atoms with Gasteiger partial charge in [-0.3, -0.25) is 4.98 Å². The van der Waals surface area contributed by atoms with Gasteiger partial charge >= 0.3 is 0 Å². The first-order valence-electron chi connectivity index (χ1n) is 7.00. The van der Waals surface area contributed by atoms with Crippen molar-refractivity contribution in [1.29, 1.82) is 0 Å². The molecule has 0 bridgehead atoms. The van der Waals surface area contributed by atoms with Gasteiger partial charge in [-0.05, 0) is 39.9 Å². The van der Waals surface area contributed by atoms with E-state index in [2.05, 4.69) is 62.2 Å². The minimum absolute atomic E-state index is 0.188. The number of rotatable bonds is 1. The minimum Gasteiger partial charge on any atom is -0.256 e. The Morgan fingerprint density at radius 3 is 2.25 bits per heavy atom. The summed E-state index contributed by atoms with van der Waals surface area (Å²) >= 11 is 0. The van der Waals surface area contributed by atoms with Gasteiger partial charge in [-0.2, -0.15) is 0 Å². The highest BCUT2D eigenvalue weighted by Gasteiger charge is 2.13. The zero-order valence-corrected chi connectivity index (χ0v) is 12.2. The van der Waals surface area contributed by atoms with E-state index < -0.39 is 0 Å². The van der Waals surface area contributed by atoms with Crippen LogP contribution in [0.15, 0.2) is 60.8 Å². The molecule has 1 heteroatoms. The molecule has 1 heterocycles. The fourth-order valence-corrected chi connectivity index (χ4v) is 2.41.